The number of carbonyl (C=O) groups excluding carboxylic acids is 6. The van der Waals surface area contributed by atoms with E-state index < -0.39 is 41.2 Å². The summed E-state index contributed by atoms with van der Waals surface area (Å²) in [4.78, 5) is 83.6. The Kier molecular flexibility index (Phi) is 9.16. The number of ether oxygens (including phenoxy) is 2. The summed E-state index contributed by atoms with van der Waals surface area (Å²) in [6.07, 6.45) is 3.99. The highest BCUT2D eigenvalue weighted by Gasteiger charge is 2.44. The average molecular weight is 620 g/mol. The molecular formula is C32H37N5O8. The summed E-state index contributed by atoms with van der Waals surface area (Å²) in [7, 11) is 0. The molecule has 45 heavy (non-hydrogen) atoms. The van der Waals surface area contributed by atoms with E-state index in [1.165, 1.54) is 18.3 Å². The van der Waals surface area contributed by atoms with Crippen LogP contribution in [-0.2, 0) is 19.1 Å². The van der Waals surface area contributed by atoms with Crippen LogP contribution in [0.5, 0.6) is 5.75 Å². The summed E-state index contributed by atoms with van der Waals surface area (Å²) in [5.74, 6) is -1.55. The Labute approximate surface area is 260 Å². The van der Waals surface area contributed by atoms with Gasteiger partial charge in [-0.2, -0.15) is 0 Å². The molecule has 5 rings (SSSR count). The number of benzene rings is 1. The fourth-order valence-corrected chi connectivity index (χ4v) is 5.48. The molecule has 2 fully saturated rings. The molecule has 1 aromatic carbocycles. The van der Waals surface area contributed by atoms with E-state index in [1.807, 2.05) is 9.80 Å². The molecule has 2 saturated heterocycles. The number of aromatic nitrogens is 1. The van der Waals surface area contributed by atoms with E-state index in [0.29, 0.717) is 43.4 Å². The summed E-state index contributed by atoms with van der Waals surface area (Å²) in [5.41, 5.74) is 0.145. The van der Waals surface area contributed by atoms with Crippen molar-refractivity contribution >= 4 is 41.3 Å². The van der Waals surface area contributed by atoms with Crippen molar-refractivity contribution in [3.05, 3.63) is 53.2 Å². The number of piperazine rings is 1. The number of hydrogen-bond donors (Lipinski definition) is 1. The predicted octanol–water partition coefficient (Wildman–Crippen LogP) is 2.34. The maximum Gasteiger partial charge on any atom is 0.340 e. The lowest BCUT2D eigenvalue weighted by atomic mass is 10.0. The molecule has 4 heterocycles. The third kappa shape index (κ3) is 7.30. The molecule has 1 atom stereocenters. The van der Waals surface area contributed by atoms with E-state index in [-0.39, 0.29) is 36.4 Å². The van der Waals surface area contributed by atoms with Crippen LogP contribution in [0.2, 0.25) is 0 Å². The molecule has 0 saturated carbocycles. The van der Waals surface area contributed by atoms with Crippen molar-refractivity contribution in [3.8, 4) is 5.75 Å². The maximum atomic E-state index is 13.0. The van der Waals surface area contributed by atoms with Gasteiger partial charge >= 0.3 is 5.97 Å². The fraction of sp³-hybridized carbons (Fsp3) is 0.469. The number of imide groups is 2. The van der Waals surface area contributed by atoms with Gasteiger partial charge in [0.2, 0.25) is 17.7 Å². The average Bonchev–Trinajstić information content (AvgIpc) is 3.23. The first-order chi connectivity index (χ1) is 21.4. The third-order valence-electron chi connectivity index (χ3n) is 7.78. The minimum atomic E-state index is -1.01. The van der Waals surface area contributed by atoms with Crippen LogP contribution in [0.1, 0.15) is 83.9 Å². The van der Waals surface area contributed by atoms with Crippen LogP contribution in [0, 0.1) is 0 Å². The zero-order chi connectivity index (χ0) is 32.3. The van der Waals surface area contributed by atoms with Crippen LogP contribution in [-0.4, -0.2) is 94.7 Å². The Bertz CT molecular complexity index is 1520. The van der Waals surface area contributed by atoms with Gasteiger partial charge in [0, 0.05) is 32.3 Å². The summed E-state index contributed by atoms with van der Waals surface area (Å²) in [6, 6.07) is 7.03. The number of esters is 1. The number of nitrogens with one attached hydrogen (secondary N) is 1. The van der Waals surface area contributed by atoms with Gasteiger partial charge in [0.1, 0.15) is 23.2 Å². The van der Waals surface area contributed by atoms with Gasteiger partial charge in [0.15, 0.2) is 0 Å². The van der Waals surface area contributed by atoms with Gasteiger partial charge in [-0.05, 0) is 76.8 Å². The molecule has 238 valence electrons. The van der Waals surface area contributed by atoms with Crippen molar-refractivity contribution in [3.63, 3.8) is 0 Å². The van der Waals surface area contributed by atoms with E-state index in [9.17, 15) is 28.8 Å². The van der Waals surface area contributed by atoms with Crippen LogP contribution < -0.4 is 15.0 Å². The normalized spacial score (nSPS) is 18.7. The number of fused-ring (bicyclic) bond motifs is 1. The van der Waals surface area contributed by atoms with Gasteiger partial charge < -0.3 is 19.3 Å². The molecule has 1 unspecified atom stereocenters. The second-order valence-electron chi connectivity index (χ2n) is 12.3. The summed E-state index contributed by atoms with van der Waals surface area (Å²) in [6.45, 7) is 7.85. The molecule has 1 N–H and O–H groups in total. The number of anilines is 1. The minimum Gasteiger partial charge on any atom is -0.494 e. The summed E-state index contributed by atoms with van der Waals surface area (Å²) < 4.78 is 11.2. The predicted molar refractivity (Wildman–Crippen MR) is 161 cm³/mol. The molecular weight excluding hydrogens is 582 g/mol. The standard InChI is InChI=1S/C32H37N5O8/c1-32(2,3)45-31(43)20-7-11-25(33-18-20)36-15-14-35(27(39)19-36)13-5-4-6-16-44-21-8-9-22-23(17-21)30(42)37(29(22)41)24-10-12-26(38)34-28(24)40/h7-9,11,17-18,24H,4-6,10,12-16,19H2,1-3H3,(H,34,38,40). The minimum absolute atomic E-state index is 0.0132. The lowest BCUT2D eigenvalue weighted by Crippen LogP contribution is -2.54. The van der Waals surface area contributed by atoms with Crippen molar-refractivity contribution in [2.45, 2.75) is 64.5 Å². The molecule has 2 aromatic rings. The molecule has 13 nitrogen and oxygen atoms in total. The van der Waals surface area contributed by atoms with Gasteiger partial charge in [0.25, 0.3) is 11.8 Å². The van der Waals surface area contributed by atoms with E-state index in [4.69, 9.17) is 9.47 Å². The topological polar surface area (TPSA) is 156 Å². The molecule has 0 radical (unpaired) electrons. The molecule has 1 aromatic heterocycles. The van der Waals surface area contributed by atoms with Crippen LogP contribution in [0.15, 0.2) is 36.5 Å². The highest BCUT2D eigenvalue weighted by Crippen LogP contribution is 2.30. The molecule has 0 bridgehead atoms. The fourth-order valence-electron chi connectivity index (χ4n) is 5.48. The Morgan fingerprint density at radius 1 is 0.978 bits per heavy atom. The first kappa shape index (κ1) is 31.6. The van der Waals surface area contributed by atoms with Crippen molar-refractivity contribution in [2.75, 3.05) is 37.7 Å². The van der Waals surface area contributed by atoms with Crippen LogP contribution in [0.4, 0.5) is 5.82 Å². The quantitative estimate of drug-likeness (QED) is 0.238. The first-order valence-electron chi connectivity index (χ1n) is 15.1. The largest absolute Gasteiger partial charge is 0.494 e. The second-order valence-corrected chi connectivity index (χ2v) is 12.3. The molecule has 13 heteroatoms. The summed E-state index contributed by atoms with van der Waals surface area (Å²) >= 11 is 0. The highest BCUT2D eigenvalue weighted by molar-refractivity contribution is 6.23. The number of unbranched alkanes of at least 4 members (excludes halogenated alkanes) is 2. The first-order valence-corrected chi connectivity index (χ1v) is 15.1. The Hall–Kier alpha value is -4.81. The SMILES string of the molecule is CC(C)(C)OC(=O)c1ccc(N2CCN(CCCCCOc3ccc4c(c3)C(=O)N(C3CCC(=O)NC3=O)C4=O)C(=O)C2)nc1. The maximum absolute atomic E-state index is 13.0. The van der Waals surface area contributed by atoms with Gasteiger partial charge in [0.05, 0.1) is 29.8 Å². The molecule has 0 spiro atoms. The lowest BCUT2D eigenvalue weighted by molar-refractivity contribution is -0.136. The molecule has 5 amide bonds. The zero-order valence-electron chi connectivity index (χ0n) is 25.7. The third-order valence-corrected chi connectivity index (χ3v) is 7.78. The van der Waals surface area contributed by atoms with E-state index in [0.717, 1.165) is 24.2 Å². The molecule has 3 aliphatic rings. The summed E-state index contributed by atoms with van der Waals surface area (Å²) in [5, 5.41) is 2.18. The van der Waals surface area contributed by atoms with Crippen LogP contribution >= 0.6 is 0 Å². The van der Waals surface area contributed by atoms with Gasteiger partial charge in [-0.3, -0.25) is 34.2 Å². The van der Waals surface area contributed by atoms with Crippen molar-refractivity contribution in [2.24, 2.45) is 0 Å². The number of hydrogen-bond acceptors (Lipinski definition) is 10. The zero-order valence-corrected chi connectivity index (χ0v) is 25.7. The number of amides is 5. The van der Waals surface area contributed by atoms with Crippen LogP contribution in [0.25, 0.3) is 0 Å². The second kappa shape index (κ2) is 13.0. The van der Waals surface area contributed by atoms with Crippen LogP contribution in [0.3, 0.4) is 0 Å². The smallest absolute Gasteiger partial charge is 0.340 e. The van der Waals surface area contributed by atoms with Gasteiger partial charge in [-0.15, -0.1) is 0 Å². The van der Waals surface area contributed by atoms with E-state index in [1.54, 1.807) is 39.0 Å². The number of rotatable bonds is 10. The monoisotopic (exact) mass is 619 g/mol. The Morgan fingerprint density at radius 2 is 1.76 bits per heavy atom. The van der Waals surface area contributed by atoms with E-state index >= 15 is 0 Å². The van der Waals surface area contributed by atoms with Crippen molar-refractivity contribution < 1.29 is 38.2 Å². The Morgan fingerprint density at radius 3 is 2.44 bits per heavy atom. The lowest BCUT2D eigenvalue weighted by Gasteiger charge is -2.35. The van der Waals surface area contributed by atoms with Crippen molar-refractivity contribution in [1.29, 1.82) is 0 Å². The molecule has 3 aliphatic heterocycles. The number of pyridine rings is 1. The Balaban J connectivity index is 1.02. The van der Waals surface area contributed by atoms with Gasteiger partial charge in [-0.1, -0.05) is 0 Å². The highest BCUT2D eigenvalue weighted by atomic mass is 16.6. The molecule has 0 aliphatic carbocycles. The van der Waals surface area contributed by atoms with Crippen molar-refractivity contribution in [1.82, 2.24) is 20.1 Å². The number of carbonyl (C=O) groups is 6. The van der Waals surface area contributed by atoms with E-state index in [2.05, 4.69) is 10.3 Å². The van der Waals surface area contributed by atoms with Gasteiger partial charge in [-0.25, -0.2) is 9.78 Å². The number of piperidine rings is 1. The number of nitrogens with zero attached hydrogens (tertiary/aromatic N) is 4.